The van der Waals surface area contributed by atoms with Gasteiger partial charge in [-0.2, -0.15) is 0 Å². The van der Waals surface area contributed by atoms with E-state index in [1.54, 1.807) is 6.20 Å². The Balaban J connectivity index is 1.46. The van der Waals surface area contributed by atoms with Crippen LogP contribution in [0.15, 0.2) is 53.5 Å². The molecular weight excluding hydrogens is 402 g/mol. The maximum atomic E-state index is 12.1. The number of aryl methyl sites for hydroxylation is 1. The third-order valence-corrected chi connectivity index (χ3v) is 6.83. The lowest BCUT2D eigenvalue weighted by Gasteiger charge is -2.17. The van der Waals surface area contributed by atoms with Crippen LogP contribution in [0.4, 0.5) is 11.5 Å². The lowest BCUT2D eigenvalue weighted by atomic mass is 10.2. The fourth-order valence-electron chi connectivity index (χ4n) is 3.41. The summed E-state index contributed by atoms with van der Waals surface area (Å²) in [5.41, 5.74) is 2.94. The standard InChI is InChI=1S/C21H23N5O3S/c1-2-17-12-20(27)25-21(24-17)16-7-8-19(23-14-16)22-13-15-5-3-6-18(11-15)26-9-4-10-30(26,28)29/h3,5-8,11-12,14H,2,4,9-10,13H2,1H3,(H,22,23)(H,24,25,27). The third kappa shape index (κ3) is 4.35. The highest BCUT2D eigenvalue weighted by Crippen LogP contribution is 2.25. The summed E-state index contributed by atoms with van der Waals surface area (Å²) in [5.74, 6) is 1.37. The van der Waals surface area contributed by atoms with Crippen molar-refractivity contribution in [2.24, 2.45) is 0 Å². The van der Waals surface area contributed by atoms with E-state index in [0.29, 0.717) is 43.3 Å². The van der Waals surface area contributed by atoms with Gasteiger partial charge in [-0.1, -0.05) is 19.1 Å². The molecule has 0 unspecified atom stereocenters. The van der Waals surface area contributed by atoms with Crippen LogP contribution in [0.3, 0.4) is 0 Å². The molecule has 1 aliphatic rings. The quantitative estimate of drug-likeness (QED) is 0.628. The molecule has 0 aliphatic carbocycles. The zero-order valence-corrected chi connectivity index (χ0v) is 17.4. The minimum absolute atomic E-state index is 0.182. The molecule has 1 aromatic carbocycles. The lowest BCUT2D eigenvalue weighted by Crippen LogP contribution is -2.25. The second-order valence-electron chi connectivity index (χ2n) is 7.14. The molecule has 2 N–H and O–H groups in total. The molecule has 30 heavy (non-hydrogen) atoms. The number of hydrogen-bond donors (Lipinski definition) is 2. The number of H-pyrrole nitrogens is 1. The molecule has 3 heterocycles. The Bertz CT molecular complexity index is 1210. The molecule has 0 spiro atoms. The van der Waals surface area contributed by atoms with Gasteiger partial charge in [0.2, 0.25) is 10.0 Å². The second kappa shape index (κ2) is 8.27. The highest BCUT2D eigenvalue weighted by molar-refractivity contribution is 7.93. The number of rotatable bonds is 6. The number of nitrogens with zero attached hydrogens (tertiary/aromatic N) is 3. The van der Waals surface area contributed by atoms with Crippen LogP contribution in [0.25, 0.3) is 11.4 Å². The largest absolute Gasteiger partial charge is 0.366 e. The SMILES string of the molecule is CCc1cc(=O)[nH]c(-c2ccc(NCc3cccc(N4CCCS4(=O)=O)c3)nc2)n1. The molecule has 0 radical (unpaired) electrons. The van der Waals surface area contributed by atoms with Gasteiger partial charge in [-0.05, 0) is 42.7 Å². The topological polar surface area (TPSA) is 108 Å². The second-order valence-corrected chi connectivity index (χ2v) is 9.15. The van der Waals surface area contributed by atoms with Gasteiger partial charge < -0.3 is 10.3 Å². The van der Waals surface area contributed by atoms with Crippen molar-refractivity contribution in [3.05, 3.63) is 70.3 Å². The summed E-state index contributed by atoms with van der Waals surface area (Å²) in [6.07, 6.45) is 3.00. The molecule has 1 saturated heterocycles. The average Bonchev–Trinajstić information content (AvgIpc) is 3.11. The van der Waals surface area contributed by atoms with Gasteiger partial charge in [0, 0.05) is 36.6 Å². The van der Waals surface area contributed by atoms with Crippen molar-refractivity contribution in [1.82, 2.24) is 15.0 Å². The molecule has 0 saturated carbocycles. The van der Waals surface area contributed by atoms with Gasteiger partial charge in [0.05, 0.1) is 11.4 Å². The zero-order chi connectivity index (χ0) is 21.1. The number of aromatic amines is 1. The molecule has 1 fully saturated rings. The molecular formula is C21H23N5O3S. The Labute approximate surface area is 175 Å². The van der Waals surface area contributed by atoms with E-state index in [0.717, 1.165) is 16.8 Å². The third-order valence-electron chi connectivity index (χ3n) is 4.97. The molecule has 2 aromatic heterocycles. The number of aromatic nitrogens is 3. The van der Waals surface area contributed by atoms with Crippen LogP contribution in [0, 0.1) is 0 Å². The van der Waals surface area contributed by atoms with Crippen LogP contribution >= 0.6 is 0 Å². The highest BCUT2D eigenvalue weighted by Gasteiger charge is 2.28. The fraction of sp³-hybridized carbons (Fsp3) is 0.286. The first-order valence-electron chi connectivity index (χ1n) is 9.84. The van der Waals surface area contributed by atoms with Gasteiger partial charge in [0.1, 0.15) is 11.6 Å². The molecule has 156 valence electrons. The maximum absolute atomic E-state index is 12.1. The minimum Gasteiger partial charge on any atom is -0.366 e. The van der Waals surface area contributed by atoms with Gasteiger partial charge in [-0.25, -0.2) is 18.4 Å². The van der Waals surface area contributed by atoms with E-state index in [1.165, 1.54) is 10.4 Å². The molecule has 1 aliphatic heterocycles. The summed E-state index contributed by atoms with van der Waals surface area (Å²) in [7, 11) is -3.19. The first-order valence-corrected chi connectivity index (χ1v) is 11.5. The highest BCUT2D eigenvalue weighted by atomic mass is 32.2. The van der Waals surface area contributed by atoms with Gasteiger partial charge in [-0.15, -0.1) is 0 Å². The molecule has 9 heteroatoms. The number of nitrogens with one attached hydrogen (secondary N) is 2. The summed E-state index contributed by atoms with van der Waals surface area (Å²) >= 11 is 0. The predicted molar refractivity (Wildman–Crippen MR) is 117 cm³/mol. The number of anilines is 2. The van der Waals surface area contributed by atoms with E-state index in [9.17, 15) is 13.2 Å². The van der Waals surface area contributed by atoms with Crippen LogP contribution in [0.2, 0.25) is 0 Å². The Hall–Kier alpha value is -3.20. The van der Waals surface area contributed by atoms with Gasteiger partial charge in [0.25, 0.3) is 5.56 Å². The number of pyridine rings is 1. The van der Waals surface area contributed by atoms with Crippen LogP contribution in [-0.4, -0.2) is 35.7 Å². The molecule has 4 rings (SSSR count). The van der Waals surface area contributed by atoms with Crippen LogP contribution in [-0.2, 0) is 23.0 Å². The van der Waals surface area contributed by atoms with Crippen LogP contribution in [0.1, 0.15) is 24.6 Å². The lowest BCUT2D eigenvalue weighted by molar-refractivity contribution is 0.599. The summed E-state index contributed by atoms with van der Waals surface area (Å²) in [6.45, 7) is 2.98. The van der Waals surface area contributed by atoms with E-state index in [2.05, 4.69) is 20.3 Å². The van der Waals surface area contributed by atoms with Crippen LogP contribution in [0.5, 0.6) is 0 Å². The Kier molecular flexibility index (Phi) is 5.54. The van der Waals surface area contributed by atoms with Crippen molar-refractivity contribution in [1.29, 1.82) is 0 Å². The summed E-state index contributed by atoms with van der Waals surface area (Å²) in [5, 5.41) is 3.24. The van der Waals surface area contributed by atoms with E-state index < -0.39 is 10.0 Å². The predicted octanol–water partition coefficient (Wildman–Crippen LogP) is 2.55. The van der Waals surface area contributed by atoms with Crippen molar-refractivity contribution < 1.29 is 8.42 Å². The number of hydrogen-bond acceptors (Lipinski definition) is 6. The minimum atomic E-state index is -3.19. The van der Waals surface area contributed by atoms with Crippen molar-refractivity contribution in [3.63, 3.8) is 0 Å². The Morgan fingerprint density at radius 2 is 2.07 bits per heavy atom. The van der Waals surface area contributed by atoms with Crippen molar-refractivity contribution >= 4 is 21.5 Å². The van der Waals surface area contributed by atoms with Gasteiger partial charge in [0.15, 0.2) is 0 Å². The Morgan fingerprint density at radius 1 is 1.20 bits per heavy atom. The first kappa shape index (κ1) is 20.1. The summed E-state index contributed by atoms with van der Waals surface area (Å²) in [6, 6.07) is 12.7. The van der Waals surface area contributed by atoms with Gasteiger partial charge >= 0.3 is 0 Å². The molecule has 8 nitrogen and oxygen atoms in total. The van der Waals surface area contributed by atoms with E-state index in [1.807, 2.05) is 43.3 Å². The number of sulfonamides is 1. The molecule has 0 amide bonds. The van der Waals surface area contributed by atoms with Crippen molar-refractivity contribution in [3.8, 4) is 11.4 Å². The van der Waals surface area contributed by atoms with Crippen molar-refractivity contribution in [2.45, 2.75) is 26.3 Å². The fourth-order valence-corrected chi connectivity index (χ4v) is 4.96. The normalized spacial score (nSPS) is 15.3. The molecule has 0 bridgehead atoms. The van der Waals surface area contributed by atoms with E-state index >= 15 is 0 Å². The summed E-state index contributed by atoms with van der Waals surface area (Å²) < 4.78 is 25.7. The maximum Gasteiger partial charge on any atom is 0.251 e. The number of benzene rings is 1. The van der Waals surface area contributed by atoms with Gasteiger partial charge in [-0.3, -0.25) is 9.10 Å². The smallest absolute Gasteiger partial charge is 0.251 e. The first-order chi connectivity index (χ1) is 14.4. The zero-order valence-electron chi connectivity index (χ0n) is 16.6. The van der Waals surface area contributed by atoms with Crippen molar-refractivity contribution in [2.75, 3.05) is 21.9 Å². The van der Waals surface area contributed by atoms with Crippen LogP contribution < -0.4 is 15.2 Å². The van der Waals surface area contributed by atoms with E-state index in [4.69, 9.17) is 0 Å². The van der Waals surface area contributed by atoms with E-state index in [-0.39, 0.29) is 11.3 Å². The monoisotopic (exact) mass is 425 g/mol. The average molecular weight is 426 g/mol. The Morgan fingerprint density at radius 3 is 2.77 bits per heavy atom. The summed E-state index contributed by atoms with van der Waals surface area (Å²) in [4.78, 5) is 23.3. The molecule has 0 atom stereocenters. The molecule has 3 aromatic rings.